The van der Waals surface area contributed by atoms with Gasteiger partial charge in [-0.15, -0.1) is 0 Å². The Kier molecular flexibility index (Phi) is 7.71. The summed E-state index contributed by atoms with van der Waals surface area (Å²) in [5.74, 6) is -1.22. The van der Waals surface area contributed by atoms with Gasteiger partial charge in [-0.25, -0.2) is 0 Å². The van der Waals surface area contributed by atoms with Crippen LogP contribution >= 0.6 is 10.2 Å². The van der Waals surface area contributed by atoms with Crippen molar-refractivity contribution in [2.45, 2.75) is 67.8 Å². The van der Waals surface area contributed by atoms with E-state index >= 15 is 0 Å². The number of hydrogen-bond donors (Lipinski definition) is 2. The molecule has 2 saturated heterocycles. The maximum atomic E-state index is 14.0. The van der Waals surface area contributed by atoms with Crippen LogP contribution in [0.25, 0.3) is 0 Å². The van der Waals surface area contributed by atoms with E-state index < -0.39 is 44.6 Å². The van der Waals surface area contributed by atoms with Crippen LogP contribution in [-0.2, 0) is 19.1 Å². The Morgan fingerprint density at radius 2 is 1.88 bits per heavy atom. The Morgan fingerprint density at radius 3 is 2.42 bits per heavy atom. The third-order valence-corrected chi connectivity index (χ3v) is 8.23. The van der Waals surface area contributed by atoms with E-state index in [2.05, 4.69) is 15.6 Å². The summed E-state index contributed by atoms with van der Waals surface area (Å²) < 4.78 is 78.3. The summed E-state index contributed by atoms with van der Waals surface area (Å²) in [6, 6.07) is 2.65. The van der Waals surface area contributed by atoms with Crippen molar-refractivity contribution in [3.05, 3.63) is 54.4 Å². The molecule has 0 bridgehead atoms. The number of carbonyl (C=O) groups is 2. The Bertz CT molecular complexity index is 1230. The van der Waals surface area contributed by atoms with Crippen molar-refractivity contribution >= 4 is 27.7 Å². The molecule has 2 N–H and O–H groups in total. The van der Waals surface area contributed by atoms with Gasteiger partial charge in [0, 0.05) is 49.9 Å². The van der Waals surface area contributed by atoms with Crippen LogP contribution in [-0.4, -0.2) is 60.8 Å². The predicted octanol–water partition coefficient (Wildman–Crippen LogP) is 5.26. The van der Waals surface area contributed by atoms with Crippen molar-refractivity contribution in [3.8, 4) is 0 Å². The first-order chi connectivity index (χ1) is 18.5. The summed E-state index contributed by atoms with van der Waals surface area (Å²) >= 11 is 0. The van der Waals surface area contributed by atoms with Crippen LogP contribution in [0.4, 0.5) is 25.1 Å². The van der Waals surface area contributed by atoms with E-state index in [4.69, 9.17) is 9.47 Å². The molecule has 0 spiro atoms. The van der Waals surface area contributed by atoms with E-state index in [1.165, 1.54) is 19.5 Å². The van der Waals surface area contributed by atoms with Gasteiger partial charge in [0.2, 0.25) is 11.8 Å². The van der Waals surface area contributed by atoms with Gasteiger partial charge in [-0.3, -0.25) is 19.5 Å². The third kappa shape index (κ3) is 7.09. The van der Waals surface area contributed by atoms with Crippen LogP contribution in [0.5, 0.6) is 0 Å². The van der Waals surface area contributed by atoms with Crippen molar-refractivity contribution in [3.63, 3.8) is 0 Å². The molecule has 0 aliphatic carbocycles. The molecule has 2 amide bonds. The van der Waals surface area contributed by atoms with Crippen molar-refractivity contribution in [2.24, 2.45) is 0 Å². The lowest BCUT2D eigenvalue weighted by Gasteiger charge is -2.41. The van der Waals surface area contributed by atoms with E-state index in [1.54, 1.807) is 12.1 Å². The fraction of sp³-hybridized carbons (Fsp3) is 0.500. The molecule has 40 heavy (non-hydrogen) atoms. The lowest BCUT2D eigenvalue weighted by Crippen LogP contribution is -2.53. The lowest BCUT2D eigenvalue weighted by molar-refractivity contribution is -0.129. The summed E-state index contributed by atoms with van der Waals surface area (Å²) in [6.07, 6.45) is 3.79. The molecule has 3 heterocycles. The molecule has 2 aromatic rings. The number of hydrogen-bond acceptors (Lipinski definition) is 6. The van der Waals surface area contributed by atoms with Crippen LogP contribution < -0.4 is 15.5 Å². The zero-order valence-corrected chi connectivity index (χ0v) is 23.1. The average Bonchev–Trinajstić information content (AvgIpc) is 3.35. The number of nitrogens with zero attached hydrogens (tertiary/aromatic N) is 2. The number of methoxy groups -OCH3 is 1. The summed E-state index contributed by atoms with van der Waals surface area (Å²) in [5.41, 5.74) is -0.368. The Labute approximate surface area is 229 Å². The highest BCUT2D eigenvalue weighted by atomic mass is 32.5. The zero-order chi connectivity index (χ0) is 29.4. The molecule has 2 unspecified atom stereocenters. The first-order valence-electron chi connectivity index (χ1n) is 12.7. The normalized spacial score (nSPS) is 25.4. The molecule has 2 fully saturated rings. The highest BCUT2D eigenvalue weighted by Crippen LogP contribution is 3.02. The minimum absolute atomic E-state index is 0.158. The maximum absolute atomic E-state index is 14.0. The van der Waals surface area contributed by atoms with Gasteiger partial charge in [-0.1, -0.05) is 25.5 Å². The zero-order valence-electron chi connectivity index (χ0n) is 22.3. The monoisotopic (exact) mass is 592 g/mol. The van der Waals surface area contributed by atoms with Gasteiger partial charge < -0.3 is 20.1 Å². The minimum atomic E-state index is -9.97. The third-order valence-electron chi connectivity index (χ3n) is 7.07. The second kappa shape index (κ2) is 10.2. The van der Waals surface area contributed by atoms with E-state index in [0.717, 1.165) is 17.0 Å². The van der Waals surface area contributed by atoms with Gasteiger partial charge in [-0.2, -0.15) is 0 Å². The van der Waals surface area contributed by atoms with Crippen molar-refractivity contribution in [1.82, 2.24) is 15.6 Å². The van der Waals surface area contributed by atoms with Gasteiger partial charge in [0.15, 0.2) is 0 Å². The highest BCUT2D eigenvalue weighted by molar-refractivity contribution is 8.45. The molecule has 2 aliphatic heterocycles. The molecule has 1 aromatic carbocycles. The number of halogens is 5. The number of aromatic nitrogens is 1. The number of rotatable bonds is 8. The number of anilines is 1. The largest absolute Gasteiger partial charge is 0.380 e. The summed E-state index contributed by atoms with van der Waals surface area (Å²) in [6.45, 7) is 4.51. The van der Waals surface area contributed by atoms with E-state index in [1.807, 2.05) is 13.8 Å². The number of benzene rings is 1. The molecule has 2 aliphatic rings. The average molecular weight is 593 g/mol. The van der Waals surface area contributed by atoms with Gasteiger partial charge in [0.1, 0.15) is 10.9 Å². The van der Waals surface area contributed by atoms with Gasteiger partial charge in [0.05, 0.1) is 17.7 Å². The smallest absolute Gasteiger partial charge is 0.310 e. The first kappa shape index (κ1) is 30.2. The van der Waals surface area contributed by atoms with Crippen LogP contribution in [0.15, 0.2) is 53.7 Å². The Balaban J connectivity index is 1.77. The molecule has 0 saturated carbocycles. The lowest BCUT2D eigenvalue weighted by atomic mass is 9.93. The number of pyridine rings is 1. The molecule has 0 radical (unpaired) electrons. The standard InChI is InChI=1S/C26H33F5N4O4S/c1-26(2)14-18(10-12-39-26)34-24(36)23(17-5-4-11-32-15-17)35(25(37)22-13-20(38-3)16-33-22)19-6-8-21(9-7-19)40(27,28,29,30)31/h4-9,11,15,18,20,22-23,33H,10,12-14,16H2,1-3H3,(H,34,36)/t18?,20-,22-,23?/m1/s1. The summed E-state index contributed by atoms with van der Waals surface area (Å²) in [5, 5.41) is 5.98. The van der Waals surface area contributed by atoms with Gasteiger partial charge >= 0.3 is 10.2 Å². The second-order valence-electron chi connectivity index (χ2n) is 10.7. The molecule has 8 nitrogen and oxygen atoms in total. The minimum Gasteiger partial charge on any atom is -0.380 e. The highest BCUT2D eigenvalue weighted by Gasteiger charge is 2.65. The van der Waals surface area contributed by atoms with Gasteiger partial charge in [-0.05, 0) is 63.4 Å². The number of carbonyl (C=O) groups excluding carboxylic acids is 2. The second-order valence-corrected chi connectivity index (χ2v) is 13.1. The van der Waals surface area contributed by atoms with E-state index in [9.17, 15) is 29.0 Å². The van der Waals surface area contributed by atoms with Crippen molar-refractivity contribution < 1.29 is 38.5 Å². The summed E-state index contributed by atoms with van der Waals surface area (Å²) in [4.78, 5) is 30.9. The van der Waals surface area contributed by atoms with Crippen molar-refractivity contribution in [1.29, 1.82) is 0 Å². The molecule has 222 valence electrons. The number of ether oxygens (including phenoxy) is 2. The van der Waals surface area contributed by atoms with E-state index in [-0.39, 0.29) is 42.0 Å². The van der Waals surface area contributed by atoms with Crippen molar-refractivity contribution in [2.75, 3.05) is 25.2 Å². The van der Waals surface area contributed by atoms with Gasteiger partial charge in [0.25, 0.3) is 0 Å². The maximum Gasteiger partial charge on any atom is 0.310 e. The Hall–Kier alpha value is -2.81. The molecule has 1 aromatic heterocycles. The Morgan fingerprint density at radius 1 is 1.18 bits per heavy atom. The van der Waals surface area contributed by atoms with E-state index in [0.29, 0.717) is 26.0 Å². The SMILES string of the molecule is CO[C@H]1CN[C@@H](C(=O)N(c2ccc(S(F)(F)(F)(F)F)cc2)C(C(=O)NC2CCOC(C)(C)C2)c2cccnc2)C1. The molecular formula is C26H33F5N4O4S. The fourth-order valence-corrected chi connectivity index (χ4v) is 5.75. The van der Waals surface area contributed by atoms with Crippen LogP contribution in [0.3, 0.4) is 0 Å². The quantitative estimate of drug-likeness (QED) is 0.406. The topological polar surface area (TPSA) is 92.8 Å². The van der Waals surface area contributed by atoms with Crippen LogP contribution in [0, 0.1) is 0 Å². The molecular weight excluding hydrogens is 559 g/mol. The number of nitrogens with one attached hydrogen (secondary N) is 2. The number of amides is 2. The summed E-state index contributed by atoms with van der Waals surface area (Å²) in [7, 11) is -8.48. The molecule has 14 heteroatoms. The molecule has 4 atom stereocenters. The fourth-order valence-electron chi connectivity index (χ4n) is 5.10. The molecule has 4 rings (SSSR count). The van der Waals surface area contributed by atoms with Crippen LogP contribution in [0.2, 0.25) is 0 Å². The first-order valence-corrected chi connectivity index (χ1v) is 14.7. The predicted molar refractivity (Wildman–Crippen MR) is 141 cm³/mol. The van der Waals surface area contributed by atoms with Crippen LogP contribution in [0.1, 0.15) is 44.7 Å².